The van der Waals surface area contributed by atoms with Gasteiger partial charge in [0.2, 0.25) is 0 Å². The first-order chi connectivity index (χ1) is 9.62. The Kier molecular flexibility index (Phi) is 4.27. The van der Waals surface area contributed by atoms with Crippen LogP contribution in [0.1, 0.15) is 11.1 Å². The number of halogens is 1. The topological polar surface area (TPSA) is 79.7 Å². The fourth-order valence-corrected chi connectivity index (χ4v) is 1.80. The Bertz CT molecular complexity index is 645. The molecule has 0 aliphatic carbocycles. The molecule has 0 bridgehead atoms. The van der Waals surface area contributed by atoms with Gasteiger partial charge >= 0.3 is 0 Å². The highest BCUT2D eigenvalue weighted by Crippen LogP contribution is 2.17. The summed E-state index contributed by atoms with van der Waals surface area (Å²) >= 11 is 0. The third-order valence-corrected chi connectivity index (χ3v) is 2.78. The van der Waals surface area contributed by atoms with Crippen LogP contribution in [0.2, 0.25) is 0 Å². The molecule has 0 aliphatic rings. The van der Waals surface area contributed by atoms with Crippen LogP contribution in [0.5, 0.6) is 0 Å². The predicted octanol–water partition coefficient (Wildman–Crippen LogP) is 2.12. The summed E-state index contributed by atoms with van der Waals surface area (Å²) in [4.78, 5) is 0. The molecule has 1 aromatic carbocycles. The molecular weight excluding hydrogens is 257 g/mol. The predicted molar refractivity (Wildman–Crippen MR) is 77.9 cm³/mol. The normalized spacial score (nSPS) is 11.4. The lowest BCUT2D eigenvalue weighted by Gasteiger charge is -2.06. The molecule has 4 N–H and O–H groups in total. The van der Waals surface area contributed by atoms with Crippen LogP contribution in [0.15, 0.2) is 36.8 Å². The number of nitrogens with one attached hydrogen (secondary N) is 2. The fraction of sp³-hybridized carbons (Fsp3) is 0.143. The zero-order chi connectivity index (χ0) is 14.5. The first-order valence-electron chi connectivity index (χ1n) is 6.08. The average Bonchev–Trinajstić information content (AvgIpc) is 2.84. The number of nitrogens with two attached hydrogens (primary N) is 1. The van der Waals surface area contributed by atoms with E-state index in [2.05, 4.69) is 10.4 Å². The fourth-order valence-electron chi connectivity index (χ4n) is 1.80. The second-order valence-electron chi connectivity index (χ2n) is 4.34. The Morgan fingerprint density at radius 3 is 2.90 bits per heavy atom. The Morgan fingerprint density at radius 2 is 2.30 bits per heavy atom. The molecule has 0 amide bonds. The molecular formula is C14H16FN5. The molecule has 0 spiro atoms. The molecule has 2 aromatic rings. The van der Waals surface area contributed by atoms with Crippen molar-refractivity contribution in [3.63, 3.8) is 0 Å². The van der Waals surface area contributed by atoms with Crippen molar-refractivity contribution in [2.24, 2.45) is 12.8 Å². The van der Waals surface area contributed by atoms with Crippen LogP contribution in [-0.2, 0) is 13.6 Å². The lowest BCUT2D eigenvalue weighted by Crippen LogP contribution is -2.00. The van der Waals surface area contributed by atoms with Crippen molar-refractivity contribution in [1.82, 2.24) is 9.78 Å². The number of rotatable bonds is 5. The van der Waals surface area contributed by atoms with Crippen LogP contribution in [0.3, 0.4) is 0 Å². The molecule has 1 heterocycles. The summed E-state index contributed by atoms with van der Waals surface area (Å²) in [6.45, 7) is 0.256. The van der Waals surface area contributed by atoms with E-state index in [1.54, 1.807) is 29.3 Å². The molecule has 5 nitrogen and oxygen atoms in total. The number of hydrogen-bond donors (Lipinski definition) is 3. The SMILES string of the molecule is Cn1cc(N/C=C(\C=N)c2cc(F)cc(CN)c2)cn1. The third kappa shape index (κ3) is 3.30. The van der Waals surface area contributed by atoms with Crippen molar-refractivity contribution in [3.05, 3.63) is 53.7 Å². The van der Waals surface area contributed by atoms with Gasteiger partial charge in [0.25, 0.3) is 0 Å². The van der Waals surface area contributed by atoms with Gasteiger partial charge in [-0.2, -0.15) is 5.10 Å². The summed E-state index contributed by atoms with van der Waals surface area (Å²) < 4.78 is 15.1. The summed E-state index contributed by atoms with van der Waals surface area (Å²) in [6.07, 6.45) is 6.27. The largest absolute Gasteiger partial charge is 0.358 e. The first-order valence-corrected chi connectivity index (χ1v) is 6.08. The van der Waals surface area contributed by atoms with Gasteiger partial charge in [0, 0.05) is 37.8 Å². The molecule has 0 aliphatic heterocycles. The maximum absolute atomic E-state index is 13.5. The minimum atomic E-state index is -0.364. The van der Waals surface area contributed by atoms with Gasteiger partial charge in [-0.1, -0.05) is 0 Å². The van der Waals surface area contributed by atoms with Crippen molar-refractivity contribution >= 4 is 17.5 Å². The molecule has 1 aromatic heterocycles. The standard InChI is InChI=1S/C14H16FN5/c1-20-9-14(8-19-20)18-7-12(6-17)11-2-10(5-16)3-13(15)4-11/h2-4,6-9,17-18H,5,16H2,1H3/b12-7+,17-6?. The first kappa shape index (κ1) is 14.0. The average molecular weight is 273 g/mol. The minimum absolute atomic E-state index is 0.256. The minimum Gasteiger partial charge on any atom is -0.358 e. The van der Waals surface area contributed by atoms with E-state index >= 15 is 0 Å². The van der Waals surface area contributed by atoms with E-state index in [0.717, 1.165) is 5.69 Å². The second kappa shape index (κ2) is 6.12. The molecule has 104 valence electrons. The maximum Gasteiger partial charge on any atom is 0.124 e. The van der Waals surface area contributed by atoms with Crippen LogP contribution in [0.4, 0.5) is 10.1 Å². The highest BCUT2D eigenvalue weighted by atomic mass is 19.1. The van der Waals surface area contributed by atoms with Crippen LogP contribution >= 0.6 is 0 Å². The maximum atomic E-state index is 13.5. The van der Waals surface area contributed by atoms with Gasteiger partial charge in [0.15, 0.2) is 0 Å². The number of hydrogen-bond acceptors (Lipinski definition) is 4. The molecule has 0 unspecified atom stereocenters. The zero-order valence-electron chi connectivity index (χ0n) is 11.1. The summed E-state index contributed by atoms with van der Waals surface area (Å²) in [6, 6.07) is 4.53. The molecule has 2 rings (SSSR count). The molecule has 0 radical (unpaired) electrons. The second-order valence-corrected chi connectivity index (χ2v) is 4.34. The van der Waals surface area contributed by atoms with E-state index in [4.69, 9.17) is 11.1 Å². The number of anilines is 1. The van der Waals surface area contributed by atoms with Gasteiger partial charge in [-0.05, 0) is 29.3 Å². The Hall–Kier alpha value is -2.47. The van der Waals surface area contributed by atoms with Crippen LogP contribution in [0, 0.1) is 11.2 Å². The molecule has 0 saturated carbocycles. The summed E-state index contributed by atoms with van der Waals surface area (Å²) in [5, 5.41) is 14.5. The Morgan fingerprint density at radius 1 is 1.50 bits per heavy atom. The molecule has 0 atom stereocenters. The van der Waals surface area contributed by atoms with Crippen LogP contribution < -0.4 is 11.1 Å². The third-order valence-electron chi connectivity index (χ3n) is 2.78. The van der Waals surface area contributed by atoms with E-state index in [9.17, 15) is 4.39 Å². The van der Waals surface area contributed by atoms with E-state index in [-0.39, 0.29) is 12.4 Å². The summed E-state index contributed by atoms with van der Waals surface area (Å²) in [5.41, 5.74) is 8.18. The monoisotopic (exact) mass is 273 g/mol. The van der Waals surface area contributed by atoms with Crippen molar-refractivity contribution in [2.45, 2.75) is 6.54 Å². The smallest absolute Gasteiger partial charge is 0.124 e. The van der Waals surface area contributed by atoms with E-state index in [1.165, 1.54) is 18.3 Å². The molecule has 0 fully saturated rings. The van der Waals surface area contributed by atoms with Gasteiger partial charge in [-0.3, -0.25) is 4.68 Å². The highest BCUT2D eigenvalue weighted by Gasteiger charge is 2.04. The summed E-state index contributed by atoms with van der Waals surface area (Å²) in [5.74, 6) is -0.364. The highest BCUT2D eigenvalue weighted by molar-refractivity contribution is 6.08. The van der Waals surface area contributed by atoms with Gasteiger partial charge in [-0.25, -0.2) is 4.39 Å². The van der Waals surface area contributed by atoms with E-state index < -0.39 is 0 Å². The van der Waals surface area contributed by atoms with Crippen molar-refractivity contribution < 1.29 is 4.39 Å². The number of allylic oxidation sites excluding steroid dienone is 1. The van der Waals surface area contributed by atoms with Gasteiger partial charge < -0.3 is 16.5 Å². The lowest BCUT2D eigenvalue weighted by molar-refractivity contribution is 0.625. The van der Waals surface area contributed by atoms with Crippen LogP contribution in [0.25, 0.3) is 5.57 Å². The van der Waals surface area contributed by atoms with Crippen LogP contribution in [-0.4, -0.2) is 16.0 Å². The van der Waals surface area contributed by atoms with Crippen molar-refractivity contribution in [3.8, 4) is 0 Å². The molecule has 0 saturated heterocycles. The number of aromatic nitrogens is 2. The number of nitrogens with zero attached hydrogens (tertiary/aromatic N) is 2. The Labute approximate surface area is 116 Å². The van der Waals surface area contributed by atoms with Gasteiger partial charge in [-0.15, -0.1) is 0 Å². The van der Waals surface area contributed by atoms with Gasteiger partial charge in [0.05, 0.1) is 11.9 Å². The molecule has 20 heavy (non-hydrogen) atoms. The number of aryl methyl sites for hydroxylation is 1. The summed E-state index contributed by atoms with van der Waals surface area (Å²) in [7, 11) is 1.81. The quantitative estimate of drug-likeness (QED) is 0.730. The van der Waals surface area contributed by atoms with E-state index in [1.807, 2.05) is 7.05 Å². The van der Waals surface area contributed by atoms with Crippen molar-refractivity contribution in [1.29, 1.82) is 5.41 Å². The van der Waals surface area contributed by atoms with Crippen molar-refractivity contribution in [2.75, 3.05) is 5.32 Å². The van der Waals surface area contributed by atoms with Gasteiger partial charge in [0.1, 0.15) is 5.82 Å². The number of benzene rings is 1. The lowest BCUT2D eigenvalue weighted by atomic mass is 10.0. The Balaban J connectivity index is 2.27. The molecule has 6 heteroatoms. The van der Waals surface area contributed by atoms with E-state index in [0.29, 0.717) is 16.7 Å². The zero-order valence-corrected chi connectivity index (χ0v) is 11.1.